The van der Waals surface area contributed by atoms with E-state index in [0.717, 1.165) is 0 Å². The molecule has 1 aliphatic heterocycles. The molecule has 0 saturated carbocycles. The van der Waals surface area contributed by atoms with Crippen LogP contribution in [0, 0.1) is 0 Å². The summed E-state index contributed by atoms with van der Waals surface area (Å²) in [5.74, 6) is 0. The van der Waals surface area contributed by atoms with Crippen LogP contribution in [0.4, 0.5) is 0 Å². The van der Waals surface area contributed by atoms with E-state index in [2.05, 4.69) is 15.0 Å². The van der Waals surface area contributed by atoms with Gasteiger partial charge in [-0.3, -0.25) is 9.78 Å². The van der Waals surface area contributed by atoms with Crippen molar-refractivity contribution in [3.63, 3.8) is 0 Å². The monoisotopic (exact) mass is 295 g/mol. The Kier molecular flexibility index (Phi) is 3.33. The molecule has 0 aromatic carbocycles. The zero-order valence-electron chi connectivity index (χ0n) is 10.7. The number of hydrogen-bond donors (Lipinski definition) is 5. The third-order valence-electron chi connectivity index (χ3n) is 3.50. The summed E-state index contributed by atoms with van der Waals surface area (Å²) in [6, 6.07) is 1.41. The van der Waals surface area contributed by atoms with E-state index in [1.54, 1.807) is 0 Å². The van der Waals surface area contributed by atoms with Crippen molar-refractivity contribution in [3.8, 4) is 0 Å². The van der Waals surface area contributed by atoms with E-state index >= 15 is 0 Å². The van der Waals surface area contributed by atoms with Crippen molar-refractivity contribution in [1.29, 1.82) is 0 Å². The SMILES string of the molecule is O=c1ncc2cc([C@@H]3O[C@H](CO)[C@H](O)C3O)c(=O)[nH]c2[nH]1. The fourth-order valence-corrected chi connectivity index (χ4v) is 2.40. The molecule has 3 heterocycles. The Bertz CT molecular complexity index is 784. The number of nitrogens with zero attached hydrogens (tertiary/aromatic N) is 1. The molecule has 0 amide bonds. The molecule has 1 unspecified atom stereocenters. The standard InChI is InChI=1S/C12H13N3O6/c16-3-6-7(17)8(18)9(21-6)5-1-4-2-13-12(20)15-10(4)14-11(5)19/h1-2,6-9,16-18H,3H2,(H2,13,14,15,19,20)/t6-,7+,8?,9+/m1/s1. The summed E-state index contributed by atoms with van der Waals surface area (Å²) in [6.07, 6.45) is -3.39. The number of pyridine rings is 1. The predicted octanol–water partition coefficient (Wildman–Crippen LogP) is -2.23. The van der Waals surface area contributed by atoms with Crippen molar-refractivity contribution in [2.24, 2.45) is 0 Å². The largest absolute Gasteiger partial charge is 0.394 e. The molecule has 112 valence electrons. The Labute approximate surface area is 116 Å². The highest BCUT2D eigenvalue weighted by Crippen LogP contribution is 2.32. The fraction of sp³-hybridized carbons (Fsp3) is 0.417. The van der Waals surface area contributed by atoms with Crippen molar-refractivity contribution >= 4 is 11.0 Å². The number of ether oxygens (including phenoxy) is 1. The maximum Gasteiger partial charge on any atom is 0.346 e. The van der Waals surface area contributed by atoms with Gasteiger partial charge in [0.25, 0.3) is 5.56 Å². The number of aromatic nitrogens is 3. The first-order chi connectivity index (χ1) is 10.0. The Balaban J connectivity index is 2.09. The van der Waals surface area contributed by atoms with Crippen molar-refractivity contribution in [3.05, 3.63) is 38.7 Å². The molecule has 0 radical (unpaired) electrons. The van der Waals surface area contributed by atoms with Crippen LogP contribution in [-0.4, -0.2) is 55.2 Å². The van der Waals surface area contributed by atoms with Crippen LogP contribution in [0.5, 0.6) is 0 Å². The van der Waals surface area contributed by atoms with Gasteiger partial charge in [0.2, 0.25) is 0 Å². The van der Waals surface area contributed by atoms with Gasteiger partial charge in [0.05, 0.1) is 6.61 Å². The van der Waals surface area contributed by atoms with Gasteiger partial charge in [-0.2, -0.15) is 0 Å². The highest BCUT2D eigenvalue weighted by atomic mass is 16.6. The van der Waals surface area contributed by atoms with Gasteiger partial charge in [0, 0.05) is 17.1 Å². The maximum atomic E-state index is 12.0. The smallest absolute Gasteiger partial charge is 0.346 e. The minimum atomic E-state index is -1.34. The number of nitrogens with one attached hydrogen (secondary N) is 2. The van der Waals surface area contributed by atoms with Crippen molar-refractivity contribution in [1.82, 2.24) is 15.0 Å². The first kappa shape index (κ1) is 13.9. The third kappa shape index (κ3) is 2.25. The zero-order valence-corrected chi connectivity index (χ0v) is 10.7. The first-order valence-electron chi connectivity index (χ1n) is 6.26. The maximum absolute atomic E-state index is 12.0. The van der Waals surface area contributed by atoms with E-state index in [0.29, 0.717) is 5.39 Å². The van der Waals surface area contributed by atoms with E-state index < -0.39 is 42.3 Å². The van der Waals surface area contributed by atoms with Crippen LogP contribution in [-0.2, 0) is 4.74 Å². The van der Waals surface area contributed by atoms with Gasteiger partial charge < -0.3 is 25.0 Å². The Morgan fingerprint density at radius 1 is 1.24 bits per heavy atom. The number of aliphatic hydroxyl groups is 3. The van der Waals surface area contributed by atoms with Gasteiger partial charge in [-0.1, -0.05) is 0 Å². The minimum Gasteiger partial charge on any atom is -0.394 e. The van der Waals surface area contributed by atoms with E-state index in [9.17, 15) is 19.8 Å². The van der Waals surface area contributed by atoms with Gasteiger partial charge in [0.15, 0.2) is 0 Å². The van der Waals surface area contributed by atoms with Crippen LogP contribution in [0.25, 0.3) is 11.0 Å². The van der Waals surface area contributed by atoms with Crippen LogP contribution in [0.3, 0.4) is 0 Å². The Morgan fingerprint density at radius 3 is 2.67 bits per heavy atom. The van der Waals surface area contributed by atoms with Crippen LogP contribution in [0.15, 0.2) is 21.9 Å². The van der Waals surface area contributed by atoms with E-state index in [4.69, 9.17) is 9.84 Å². The summed E-state index contributed by atoms with van der Waals surface area (Å²) in [7, 11) is 0. The molecule has 21 heavy (non-hydrogen) atoms. The lowest BCUT2D eigenvalue weighted by atomic mass is 10.0. The average Bonchev–Trinajstić information content (AvgIpc) is 2.74. The normalized spacial score (nSPS) is 29.1. The van der Waals surface area contributed by atoms with E-state index in [1.165, 1.54) is 12.3 Å². The van der Waals surface area contributed by atoms with E-state index in [1.807, 2.05) is 0 Å². The number of aliphatic hydroxyl groups excluding tert-OH is 3. The van der Waals surface area contributed by atoms with Crippen LogP contribution in [0.1, 0.15) is 11.7 Å². The third-order valence-corrected chi connectivity index (χ3v) is 3.50. The molecule has 4 atom stereocenters. The van der Waals surface area contributed by atoms with Gasteiger partial charge in [-0.25, -0.2) is 9.78 Å². The average molecular weight is 295 g/mol. The van der Waals surface area contributed by atoms with Gasteiger partial charge in [-0.05, 0) is 6.07 Å². The second-order valence-electron chi connectivity index (χ2n) is 4.83. The molecule has 0 spiro atoms. The molecular formula is C12H13N3O6. The molecule has 9 nitrogen and oxygen atoms in total. The first-order valence-corrected chi connectivity index (χ1v) is 6.26. The highest BCUT2D eigenvalue weighted by molar-refractivity contribution is 5.73. The second-order valence-corrected chi connectivity index (χ2v) is 4.83. The summed E-state index contributed by atoms with van der Waals surface area (Å²) in [5.41, 5.74) is -0.882. The van der Waals surface area contributed by atoms with E-state index in [-0.39, 0.29) is 11.2 Å². The quantitative estimate of drug-likeness (QED) is 0.421. The summed E-state index contributed by atoms with van der Waals surface area (Å²) in [4.78, 5) is 31.5. The second kappa shape index (κ2) is 5.04. The van der Waals surface area contributed by atoms with Gasteiger partial charge >= 0.3 is 5.69 Å². The van der Waals surface area contributed by atoms with Gasteiger partial charge in [-0.15, -0.1) is 0 Å². The zero-order chi connectivity index (χ0) is 15.1. The van der Waals surface area contributed by atoms with Crippen molar-refractivity contribution < 1.29 is 20.1 Å². The fourth-order valence-electron chi connectivity index (χ4n) is 2.40. The molecule has 1 fully saturated rings. The van der Waals surface area contributed by atoms with Crippen LogP contribution < -0.4 is 11.2 Å². The van der Waals surface area contributed by atoms with Crippen LogP contribution in [0.2, 0.25) is 0 Å². The number of hydrogen-bond acceptors (Lipinski definition) is 7. The summed E-state index contributed by atoms with van der Waals surface area (Å²) in [5, 5.41) is 29.2. The highest BCUT2D eigenvalue weighted by Gasteiger charge is 2.44. The molecule has 3 rings (SSSR count). The molecule has 2 aromatic heterocycles. The minimum absolute atomic E-state index is 0.0823. The lowest BCUT2D eigenvalue weighted by molar-refractivity contribution is -0.0231. The molecular weight excluding hydrogens is 282 g/mol. The number of aromatic amines is 2. The molecule has 9 heteroatoms. The molecule has 1 saturated heterocycles. The molecule has 0 aliphatic carbocycles. The molecule has 5 N–H and O–H groups in total. The lowest BCUT2D eigenvalue weighted by Crippen LogP contribution is -2.33. The van der Waals surface area contributed by atoms with Crippen LogP contribution >= 0.6 is 0 Å². The Hall–Kier alpha value is -2.07. The molecule has 2 aromatic rings. The molecule has 0 bridgehead atoms. The molecule has 1 aliphatic rings. The topological polar surface area (TPSA) is 149 Å². The summed E-state index contributed by atoms with van der Waals surface area (Å²) >= 11 is 0. The summed E-state index contributed by atoms with van der Waals surface area (Å²) in [6.45, 7) is -0.477. The summed E-state index contributed by atoms with van der Waals surface area (Å²) < 4.78 is 5.31. The lowest BCUT2D eigenvalue weighted by Gasteiger charge is -2.14. The number of H-pyrrole nitrogens is 2. The predicted molar refractivity (Wildman–Crippen MR) is 69.7 cm³/mol. The number of rotatable bonds is 2. The van der Waals surface area contributed by atoms with Gasteiger partial charge in [0.1, 0.15) is 30.1 Å². The van der Waals surface area contributed by atoms with Crippen molar-refractivity contribution in [2.45, 2.75) is 24.4 Å². The Morgan fingerprint density at radius 2 is 2.00 bits per heavy atom. The number of fused-ring (bicyclic) bond motifs is 1. The van der Waals surface area contributed by atoms with Crippen molar-refractivity contribution in [2.75, 3.05) is 6.61 Å².